The first-order valence-corrected chi connectivity index (χ1v) is 40.4. The van der Waals surface area contributed by atoms with Gasteiger partial charge < -0.3 is 44.0 Å². The number of para-hydroxylation sites is 1. The molecule has 9 aromatic heterocycles. The van der Waals surface area contributed by atoms with Crippen molar-refractivity contribution in [1.82, 2.24) is 43.6 Å². The molecular formula is C106H98N9O3Pt3-3. The van der Waals surface area contributed by atoms with Crippen LogP contribution in [0.4, 0.5) is 0 Å². The summed E-state index contributed by atoms with van der Waals surface area (Å²) in [6.45, 7) is 37.1. The second-order valence-electron chi connectivity index (χ2n) is 36.1. The van der Waals surface area contributed by atoms with Gasteiger partial charge >= 0.3 is 0 Å². The van der Waals surface area contributed by atoms with E-state index in [-0.39, 0.29) is 102 Å². The van der Waals surface area contributed by atoms with E-state index >= 15 is 0 Å². The Labute approximate surface area is 752 Å². The van der Waals surface area contributed by atoms with Crippen LogP contribution in [0.15, 0.2) is 267 Å². The van der Waals surface area contributed by atoms with Gasteiger partial charge in [-0.3, -0.25) is 0 Å². The molecule has 0 amide bonds. The average Bonchev–Trinajstić information content (AvgIpc) is 1.59. The minimum Gasteiger partial charge on any atom is -0.507 e. The quantitative estimate of drug-likeness (QED) is 0.120. The fourth-order valence-corrected chi connectivity index (χ4v) is 15.7. The van der Waals surface area contributed by atoms with Crippen LogP contribution in [-0.2, 0) is 90.3 Å². The summed E-state index contributed by atoms with van der Waals surface area (Å²) in [5.74, 6) is 0.772. The van der Waals surface area contributed by atoms with Gasteiger partial charge in [0.1, 0.15) is 34.2 Å². The van der Waals surface area contributed by atoms with Crippen LogP contribution in [0.5, 0.6) is 17.2 Å². The molecule has 0 unspecified atom stereocenters. The number of nitrogens with zero attached hydrogens (tertiary/aromatic N) is 9. The van der Waals surface area contributed by atoms with E-state index < -0.39 is 0 Å². The van der Waals surface area contributed by atoms with Gasteiger partial charge in [0.2, 0.25) is 0 Å². The van der Waals surface area contributed by atoms with E-state index in [2.05, 4.69) is 266 Å². The van der Waals surface area contributed by atoms with E-state index in [9.17, 15) is 15.3 Å². The monoisotopic (exact) mass is 2130 g/mol. The molecule has 9 heterocycles. The van der Waals surface area contributed by atoms with E-state index in [0.717, 1.165) is 162 Å². The van der Waals surface area contributed by atoms with Crippen molar-refractivity contribution in [2.24, 2.45) is 0 Å². The summed E-state index contributed by atoms with van der Waals surface area (Å²) < 4.78 is 6.53. The predicted octanol–water partition coefficient (Wildman–Crippen LogP) is 26.3. The Hall–Kier alpha value is -11.3. The standard InChI is InChI=1S/C40H42N3O.C34H30N3O.C32H26N3O.3Pt/c1-38(2,3)26-16-19-35-30(22-26)29-17-18-34(31-23-27(39(4,5)6)24-32(36(31)44)40(7,8)9)42-37(29)43(35)28-14-12-13-25(21-28)33-15-10-11-20-41-33;1-21-17-22(2)32(38)28(18-21)30-14-13-26-27-20-24(34(3,4)5)12-15-31(27)37(33(26)36-30)25-10-8-9-23(19-25)29-11-6-7-16-35-29;1-32(2,3)22-14-17-29-26(20-22)24-15-16-28(25-11-4-5-13-30(25)36)34-31(24)35(29)23-10-8-9-21(19-23)27-12-6-7-18-33-27;;;/h10-20,22-24,44H,1-9H3;6-18,20,38H,1-5H3;4-18,20,36H,1-3H3;;;/q3*-1;;;. The third-order valence-corrected chi connectivity index (χ3v) is 22.3. The van der Waals surface area contributed by atoms with Crippen molar-refractivity contribution in [2.45, 2.75) is 145 Å². The largest absolute Gasteiger partial charge is 0.507 e. The summed E-state index contributed by atoms with van der Waals surface area (Å²) in [6, 6.07) is 95.0. The molecule has 12 nitrogen and oxygen atoms in total. The van der Waals surface area contributed by atoms with Gasteiger partial charge in [-0.15, -0.1) is 89.5 Å². The van der Waals surface area contributed by atoms with E-state index in [4.69, 9.17) is 15.0 Å². The Kier molecular flexibility index (Phi) is 24.8. The van der Waals surface area contributed by atoms with Crippen LogP contribution in [0.25, 0.3) is 150 Å². The van der Waals surface area contributed by atoms with Crippen LogP contribution in [0.3, 0.4) is 0 Å². The maximum atomic E-state index is 11.7. The van der Waals surface area contributed by atoms with E-state index in [1.807, 2.05) is 147 Å². The zero-order valence-electron chi connectivity index (χ0n) is 71.2. The van der Waals surface area contributed by atoms with Gasteiger partial charge in [0.05, 0.1) is 33.6 Å². The Morgan fingerprint density at radius 3 is 0.967 bits per heavy atom. The summed E-state index contributed by atoms with van der Waals surface area (Å²) in [6.07, 6.45) is 5.40. The molecule has 0 radical (unpaired) electrons. The molecule has 9 aromatic carbocycles. The maximum Gasteiger partial charge on any atom is 0.144 e. The Morgan fingerprint density at radius 2 is 0.628 bits per heavy atom. The minimum absolute atomic E-state index is 0. The van der Waals surface area contributed by atoms with Crippen LogP contribution in [0.1, 0.15) is 143 Å². The van der Waals surface area contributed by atoms with Crippen molar-refractivity contribution < 1.29 is 78.5 Å². The van der Waals surface area contributed by atoms with Gasteiger partial charge in [-0.1, -0.05) is 183 Å². The van der Waals surface area contributed by atoms with Crippen LogP contribution in [-0.4, -0.2) is 58.9 Å². The smallest absolute Gasteiger partial charge is 0.144 e. The Balaban J connectivity index is 0.000000155. The number of aromatic hydroxyl groups is 3. The molecule has 0 atom stereocenters. The van der Waals surface area contributed by atoms with E-state index in [1.165, 1.54) is 22.3 Å². The molecule has 0 saturated carbocycles. The molecule has 15 heteroatoms. The van der Waals surface area contributed by atoms with Gasteiger partial charge in [-0.25, -0.2) is 15.0 Å². The molecule has 121 heavy (non-hydrogen) atoms. The molecule has 0 saturated heterocycles. The van der Waals surface area contributed by atoms with Crippen LogP contribution in [0.2, 0.25) is 0 Å². The molecule has 618 valence electrons. The Bertz CT molecular complexity index is 6900. The first-order chi connectivity index (χ1) is 56.2. The zero-order valence-corrected chi connectivity index (χ0v) is 78.0. The van der Waals surface area contributed by atoms with Crippen molar-refractivity contribution in [1.29, 1.82) is 0 Å². The second-order valence-corrected chi connectivity index (χ2v) is 36.1. The molecule has 18 aromatic rings. The molecule has 0 aliphatic carbocycles. The zero-order chi connectivity index (χ0) is 83.1. The van der Waals surface area contributed by atoms with E-state index in [1.54, 1.807) is 18.5 Å². The van der Waals surface area contributed by atoms with Crippen molar-refractivity contribution in [3.05, 3.63) is 324 Å². The molecule has 0 spiro atoms. The van der Waals surface area contributed by atoms with Crippen LogP contribution >= 0.6 is 0 Å². The number of fused-ring (bicyclic) bond motifs is 9. The van der Waals surface area contributed by atoms with Gasteiger partial charge in [0.15, 0.2) is 0 Å². The first kappa shape index (κ1) is 87.6. The summed E-state index contributed by atoms with van der Waals surface area (Å²) in [7, 11) is 0. The fraction of sp³-hybridized carbons (Fsp3) is 0.208. The minimum atomic E-state index is -0.233. The van der Waals surface area contributed by atoms with Gasteiger partial charge in [0.25, 0.3) is 0 Å². The summed E-state index contributed by atoms with van der Waals surface area (Å²) in [4.78, 5) is 29.2. The van der Waals surface area contributed by atoms with Gasteiger partial charge in [-0.05, 0) is 224 Å². The predicted molar refractivity (Wildman–Crippen MR) is 486 cm³/mol. The number of phenolic OH excluding ortho intramolecular Hbond substituents is 3. The molecular weight excluding hydrogens is 2030 g/mol. The molecule has 18 rings (SSSR count). The number of benzene rings is 9. The third kappa shape index (κ3) is 17.5. The van der Waals surface area contributed by atoms with Crippen molar-refractivity contribution >= 4 is 65.8 Å². The number of hydrogen-bond donors (Lipinski definition) is 3. The third-order valence-electron chi connectivity index (χ3n) is 22.3. The van der Waals surface area contributed by atoms with Crippen molar-refractivity contribution in [3.63, 3.8) is 0 Å². The molecule has 0 aliphatic rings. The average molecular weight is 2130 g/mol. The second kappa shape index (κ2) is 34.3. The summed E-state index contributed by atoms with van der Waals surface area (Å²) >= 11 is 0. The van der Waals surface area contributed by atoms with Crippen LogP contribution in [0, 0.1) is 32.0 Å². The first-order valence-electron chi connectivity index (χ1n) is 40.4. The number of rotatable bonds is 9. The Morgan fingerprint density at radius 1 is 0.281 bits per heavy atom. The molecule has 3 N–H and O–H groups in total. The number of aryl methyl sites for hydroxylation is 2. The number of hydrogen-bond acceptors (Lipinski definition) is 9. The van der Waals surface area contributed by atoms with Gasteiger partial charge in [0, 0.05) is 136 Å². The number of pyridine rings is 6. The normalized spacial score (nSPS) is 11.9. The van der Waals surface area contributed by atoms with Crippen LogP contribution < -0.4 is 0 Å². The SMILES string of the molecule is CC(C)(C)c1cc(-c2ccc3c4cc(C(C)(C)C)ccc4n(-c4[c-]c(-c5ccccn5)ccc4)c3n2)c(O)c(C(C)(C)C)c1.CC(C)(C)c1ccc2c(c1)c1ccc(-c3ccccc3O)nc1n2-c1[c-]c(-c2ccccn2)ccc1.Cc1cc(C)c(O)c(-c2ccc3c4cc(C(C)(C)C)ccc4n(-c4[c-]c(-c5ccccn5)ccc4)c3n2)c1.[Pt].[Pt].[Pt]. The van der Waals surface area contributed by atoms with Crippen molar-refractivity contribution in [3.8, 4) is 102 Å². The maximum absolute atomic E-state index is 11.7. The van der Waals surface area contributed by atoms with Gasteiger partial charge in [-0.2, -0.15) is 0 Å². The molecule has 0 aliphatic heterocycles. The number of phenols is 3. The number of aromatic nitrogens is 9. The summed E-state index contributed by atoms with van der Waals surface area (Å²) in [5.41, 5.74) is 25.7. The van der Waals surface area contributed by atoms with Crippen molar-refractivity contribution in [2.75, 3.05) is 0 Å². The fourth-order valence-electron chi connectivity index (χ4n) is 15.7. The topological polar surface area (TPSA) is 153 Å². The van der Waals surface area contributed by atoms with E-state index in [0.29, 0.717) is 11.3 Å². The summed E-state index contributed by atoms with van der Waals surface area (Å²) in [5, 5.41) is 39.7. The molecule has 0 fully saturated rings. The molecule has 0 bridgehead atoms.